The van der Waals surface area contributed by atoms with Crippen LogP contribution in [0.5, 0.6) is 0 Å². The van der Waals surface area contributed by atoms with E-state index in [0.29, 0.717) is 5.92 Å². The number of hydrogen-bond acceptors (Lipinski definition) is 3. The van der Waals surface area contributed by atoms with Gasteiger partial charge in [-0.25, -0.2) is 0 Å². The van der Waals surface area contributed by atoms with Gasteiger partial charge < -0.3 is 5.32 Å². The zero-order chi connectivity index (χ0) is 13.0. The smallest absolute Gasteiger partial charge is 0.0969 e. The third kappa shape index (κ3) is 3.40. The second-order valence-electron chi connectivity index (χ2n) is 4.99. The van der Waals surface area contributed by atoms with Crippen molar-refractivity contribution in [1.82, 2.24) is 20.3 Å². The van der Waals surface area contributed by atoms with E-state index in [1.54, 1.807) is 4.80 Å². The fraction of sp³-hybridized carbons (Fsp3) is 0.429. The van der Waals surface area contributed by atoms with E-state index in [-0.39, 0.29) is 0 Å². The van der Waals surface area contributed by atoms with E-state index in [1.165, 1.54) is 5.56 Å². The fourth-order valence-corrected chi connectivity index (χ4v) is 1.74. The summed E-state index contributed by atoms with van der Waals surface area (Å²) in [5, 5.41) is 12.1. The lowest BCUT2D eigenvalue weighted by atomic mass is 10.2. The van der Waals surface area contributed by atoms with Crippen LogP contribution < -0.4 is 5.32 Å². The number of hydrogen-bond donors (Lipinski definition) is 1. The molecule has 18 heavy (non-hydrogen) atoms. The first-order valence-corrected chi connectivity index (χ1v) is 6.34. The predicted octanol–water partition coefficient (Wildman–Crippen LogP) is 2.32. The largest absolute Gasteiger partial charge is 0.311 e. The maximum absolute atomic E-state index is 4.46. The molecule has 0 amide bonds. The molecule has 1 heterocycles. The van der Waals surface area contributed by atoms with Crippen molar-refractivity contribution in [1.29, 1.82) is 0 Å². The van der Waals surface area contributed by atoms with Crippen molar-refractivity contribution in [3.05, 3.63) is 41.7 Å². The normalized spacial score (nSPS) is 11.1. The summed E-state index contributed by atoms with van der Waals surface area (Å²) in [5.74, 6) is 0.650. The van der Waals surface area contributed by atoms with Crippen LogP contribution >= 0.6 is 0 Å². The van der Waals surface area contributed by atoms with Gasteiger partial charge in [0.1, 0.15) is 0 Å². The van der Waals surface area contributed by atoms with Crippen LogP contribution in [0.2, 0.25) is 0 Å². The summed E-state index contributed by atoms with van der Waals surface area (Å²) in [7, 11) is 0. The standard InChI is InChI=1S/C14H20N4/c1-11(2)8-15-9-13-10-16-18(17-13)14-6-4-5-12(3)7-14/h4-7,10-11,15H,8-9H2,1-3H3. The molecule has 0 bridgehead atoms. The van der Waals surface area contributed by atoms with Gasteiger partial charge in [0.05, 0.1) is 17.6 Å². The molecule has 4 heteroatoms. The average Bonchev–Trinajstić information content (AvgIpc) is 2.77. The number of nitrogens with one attached hydrogen (secondary N) is 1. The van der Waals surface area contributed by atoms with E-state index in [1.807, 2.05) is 18.3 Å². The molecule has 1 aromatic carbocycles. The van der Waals surface area contributed by atoms with E-state index >= 15 is 0 Å². The molecule has 0 atom stereocenters. The summed E-state index contributed by atoms with van der Waals surface area (Å²) in [4.78, 5) is 1.68. The van der Waals surface area contributed by atoms with Crippen LogP contribution in [0.3, 0.4) is 0 Å². The van der Waals surface area contributed by atoms with E-state index in [9.17, 15) is 0 Å². The Kier molecular flexibility index (Phi) is 4.10. The second kappa shape index (κ2) is 5.78. The molecule has 0 aliphatic rings. The molecule has 1 N–H and O–H groups in total. The molecule has 0 saturated carbocycles. The van der Waals surface area contributed by atoms with E-state index in [2.05, 4.69) is 48.4 Å². The third-order valence-corrected chi connectivity index (χ3v) is 2.63. The third-order valence-electron chi connectivity index (χ3n) is 2.63. The maximum atomic E-state index is 4.46. The molecule has 2 aromatic rings. The molecule has 0 aliphatic heterocycles. The van der Waals surface area contributed by atoms with Crippen molar-refractivity contribution in [2.45, 2.75) is 27.3 Å². The number of nitrogens with zero attached hydrogens (tertiary/aromatic N) is 3. The van der Waals surface area contributed by atoms with Crippen LogP contribution in [0.4, 0.5) is 0 Å². The molecule has 96 valence electrons. The Bertz CT molecular complexity index is 502. The molecule has 4 nitrogen and oxygen atoms in total. The van der Waals surface area contributed by atoms with Crippen molar-refractivity contribution >= 4 is 0 Å². The lowest BCUT2D eigenvalue weighted by Gasteiger charge is -2.04. The van der Waals surface area contributed by atoms with Crippen molar-refractivity contribution in [2.75, 3.05) is 6.54 Å². The molecule has 0 unspecified atom stereocenters. The molecule has 2 rings (SSSR count). The van der Waals surface area contributed by atoms with Gasteiger partial charge in [0, 0.05) is 6.54 Å². The Morgan fingerprint density at radius 1 is 1.33 bits per heavy atom. The SMILES string of the molecule is Cc1cccc(-n2ncc(CNCC(C)C)n2)c1. The Morgan fingerprint density at radius 3 is 2.89 bits per heavy atom. The Morgan fingerprint density at radius 2 is 2.17 bits per heavy atom. The van der Waals surface area contributed by atoms with E-state index in [0.717, 1.165) is 24.5 Å². The summed E-state index contributed by atoms with van der Waals surface area (Å²) in [6.45, 7) is 8.21. The minimum atomic E-state index is 0.650. The summed E-state index contributed by atoms with van der Waals surface area (Å²) < 4.78 is 0. The highest BCUT2D eigenvalue weighted by Crippen LogP contribution is 2.07. The lowest BCUT2D eigenvalue weighted by Crippen LogP contribution is -2.19. The first-order chi connectivity index (χ1) is 8.65. The van der Waals surface area contributed by atoms with Crippen LogP contribution in [0.25, 0.3) is 5.69 Å². The van der Waals surface area contributed by atoms with Crippen molar-refractivity contribution < 1.29 is 0 Å². The molecule has 0 saturated heterocycles. The van der Waals surface area contributed by atoms with Crippen LogP contribution in [-0.4, -0.2) is 21.5 Å². The fourth-order valence-electron chi connectivity index (χ4n) is 1.74. The van der Waals surface area contributed by atoms with Gasteiger partial charge in [-0.1, -0.05) is 26.0 Å². The first-order valence-electron chi connectivity index (χ1n) is 6.34. The zero-order valence-corrected chi connectivity index (χ0v) is 11.2. The van der Waals surface area contributed by atoms with Gasteiger partial charge in [0.2, 0.25) is 0 Å². The summed E-state index contributed by atoms with van der Waals surface area (Å²) in [6.07, 6.45) is 1.82. The number of benzene rings is 1. The van der Waals surface area contributed by atoms with Gasteiger partial charge in [-0.15, -0.1) is 0 Å². The minimum absolute atomic E-state index is 0.650. The Labute approximate surface area is 108 Å². The Hall–Kier alpha value is -1.68. The van der Waals surface area contributed by atoms with Crippen molar-refractivity contribution in [3.8, 4) is 5.69 Å². The minimum Gasteiger partial charge on any atom is -0.311 e. The molecule has 0 fully saturated rings. The molecular formula is C14H20N4. The van der Waals surface area contributed by atoms with Gasteiger partial charge in [0.15, 0.2) is 0 Å². The van der Waals surface area contributed by atoms with Gasteiger partial charge in [-0.2, -0.15) is 15.0 Å². The van der Waals surface area contributed by atoms with Crippen LogP contribution in [0.15, 0.2) is 30.5 Å². The summed E-state index contributed by atoms with van der Waals surface area (Å²) >= 11 is 0. The molecular weight excluding hydrogens is 224 g/mol. The number of aromatic nitrogens is 3. The monoisotopic (exact) mass is 244 g/mol. The average molecular weight is 244 g/mol. The molecule has 0 aliphatic carbocycles. The highest BCUT2D eigenvalue weighted by molar-refractivity contribution is 5.33. The van der Waals surface area contributed by atoms with Crippen LogP contribution in [0.1, 0.15) is 25.1 Å². The molecule has 0 spiro atoms. The first kappa shape index (κ1) is 12.8. The van der Waals surface area contributed by atoms with Crippen molar-refractivity contribution in [2.24, 2.45) is 5.92 Å². The van der Waals surface area contributed by atoms with Crippen LogP contribution in [0, 0.1) is 12.8 Å². The zero-order valence-electron chi connectivity index (χ0n) is 11.2. The number of aryl methyl sites for hydroxylation is 1. The van der Waals surface area contributed by atoms with E-state index in [4.69, 9.17) is 0 Å². The topological polar surface area (TPSA) is 42.7 Å². The highest BCUT2D eigenvalue weighted by Gasteiger charge is 2.03. The maximum Gasteiger partial charge on any atom is 0.0969 e. The summed E-state index contributed by atoms with van der Waals surface area (Å²) in [5.41, 5.74) is 3.19. The predicted molar refractivity (Wildman–Crippen MR) is 72.6 cm³/mol. The Balaban J connectivity index is 2.02. The van der Waals surface area contributed by atoms with Crippen molar-refractivity contribution in [3.63, 3.8) is 0 Å². The second-order valence-corrected chi connectivity index (χ2v) is 4.99. The molecule has 0 radical (unpaired) electrons. The highest BCUT2D eigenvalue weighted by atomic mass is 15.5. The van der Waals surface area contributed by atoms with Crippen LogP contribution in [-0.2, 0) is 6.54 Å². The van der Waals surface area contributed by atoms with Gasteiger partial charge in [-0.3, -0.25) is 0 Å². The lowest BCUT2D eigenvalue weighted by molar-refractivity contribution is 0.546. The van der Waals surface area contributed by atoms with Gasteiger partial charge >= 0.3 is 0 Å². The summed E-state index contributed by atoms with van der Waals surface area (Å²) in [6, 6.07) is 8.17. The number of rotatable bonds is 5. The van der Waals surface area contributed by atoms with Gasteiger partial charge in [0.25, 0.3) is 0 Å². The van der Waals surface area contributed by atoms with E-state index < -0.39 is 0 Å². The quantitative estimate of drug-likeness (QED) is 0.877. The van der Waals surface area contributed by atoms with Gasteiger partial charge in [-0.05, 0) is 37.1 Å². The molecule has 1 aromatic heterocycles.